The Hall–Kier alpha value is -2.62. The van der Waals surface area contributed by atoms with Gasteiger partial charge < -0.3 is 9.57 Å². The van der Waals surface area contributed by atoms with Crippen LogP contribution in [-0.4, -0.2) is 19.9 Å². The Morgan fingerprint density at radius 3 is 2.55 bits per heavy atom. The van der Waals surface area contributed by atoms with Crippen molar-refractivity contribution < 1.29 is 14.0 Å². The van der Waals surface area contributed by atoms with Gasteiger partial charge in [0.05, 0.1) is 7.11 Å². The fraction of sp³-hybridized carbons (Fsp3) is 0.167. The summed E-state index contributed by atoms with van der Waals surface area (Å²) in [6.07, 6.45) is 2.77. The van der Waals surface area contributed by atoms with Crippen LogP contribution >= 0.6 is 0 Å². The van der Waals surface area contributed by atoms with Crippen molar-refractivity contribution in [3.05, 3.63) is 70.5 Å². The van der Waals surface area contributed by atoms with Crippen molar-refractivity contribution in [3.63, 3.8) is 0 Å². The molecule has 0 aliphatic heterocycles. The van der Waals surface area contributed by atoms with Crippen LogP contribution in [0.2, 0.25) is 0 Å². The highest BCUT2D eigenvalue weighted by Gasteiger charge is 2.24. The molecular formula is C18H16FNO2. The maximum absolute atomic E-state index is 13.0. The van der Waals surface area contributed by atoms with E-state index in [-0.39, 0.29) is 5.82 Å². The summed E-state index contributed by atoms with van der Waals surface area (Å²) in [6, 6.07) is 12.3. The van der Waals surface area contributed by atoms with E-state index in [1.807, 2.05) is 24.3 Å². The summed E-state index contributed by atoms with van der Waals surface area (Å²) < 4.78 is 18.3. The third-order valence-electron chi connectivity index (χ3n) is 3.65. The second-order valence-electron chi connectivity index (χ2n) is 5.04. The highest BCUT2D eigenvalue weighted by Crippen LogP contribution is 2.31. The number of halogens is 1. The van der Waals surface area contributed by atoms with Crippen LogP contribution in [0.3, 0.4) is 0 Å². The molecule has 0 bridgehead atoms. The molecule has 0 radical (unpaired) electrons. The standard InChI is InChI=1S/C18H16FNO2/c1-21-16-8-5-13-10-14(18(20-22-2)17(13)11-16)9-12-3-6-15(19)7-4-12/h3-9,11H,10H2,1-2H3/b14-9+,20-18?. The maximum atomic E-state index is 13.0. The second-order valence-corrected chi connectivity index (χ2v) is 5.04. The summed E-state index contributed by atoms with van der Waals surface area (Å²) in [5.41, 5.74) is 4.94. The zero-order valence-corrected chi connectivity index (χ0v) is 12.5. The van der Waals surface area contributed by atoms with Crippen LogP contribution in [0.4, 0.5) is 4.39 Å². The van der Waals surface area contributed by atoms with Gasteiger partial charge in [0.2, 0.25) is 0 Å². The van der Waals surface area contributed by atoms with Crippen LogP contribution in [0.25, 0.3) is 6.08 Å². The van der Waals surface area contributed by atoms with E-state index in [9.17, 15) is 4.39 Å². The van der Waals surface area contributed by atoms with E-state index in [2.05, 4.69) is 5.16 Å². The van der Waals surface area contributed by atoms with Crippen molar-refractivity contribution in [2.24, 2.45) is 5.16 Å². The van der Waals surface area contributed by atoms with Crippen molar-refractivity contribution in [3.8, 4) is 5.75 Å². The van der Waals surface area contributed by atoms with Gasteiger partial charge in [-0.1, -0.05) is 23.4 Å². The number of oxime groups is 1. The van der Waals surface area contributed by atoms with Crippen molar-refractivity contribution in [1.29, 1.82) is 0 Å². The number of fused-ring (bicyclic) bond motifs is 1. The van der Waals surface area contributed by atoms with Crippen molar-refractivity contribution in [1.82, 2.24) is 0 Å². The molecule has 3 nitrogen and oxygen atoms in total. The molecule has 0 saturated carbocycles. The van der Waals surface area contributed by atoms with Crippen molar-refractivity contribution in [2.45, 2.75) is 6.42 Å². The Labute approximate surface area is 128 Å². The van der Waals surface area contributed by atoms with Crippen LogP contribution < -0.4 is 4.74 Å². The largest absolute Gasteiger partial charge is 0.497 e. The zero-order valence-electron chi connectivity index (χ0n) is 12.5. The summed E-state index contributed by atoms with van der Waals surface area (Å²) in [4.78, 5) is 4.99. The van der Waals surface area contributed by atoms with Crippen LogP contribution in [0, 0.1) is 5.82 Å². The number of allylic oxidation sites excluding steroid dienone is 1. The molecule has 22 heavy (non-hydrogen) atoms. The summed E-state index contributed by atoms with van der Waals surface area (Å²) >= 11 is 0. The van der Waals surface area contributed by atoms with Crippen LogP contribution in [-0.2, 0) is 11.3 Å². The van der Waals surface area contributed by atoms with Crippen molar-refractivity contribution in [2.75, 3.05) is 14.2 Å². The first kappa shape index (κ1) is 14.3. The Morgan fingerprint density at radius 1 is 1.09 bits per heavy atom. The van der Waals surface area contributed by atoms with Gasteiger partial charge in [-0.3, -0.25) is 0 Å². The van der Waals surface area contributed by atoms with Gasteiger partial charge in [0.1, 0.15) is 24.4 Å². The number of hydrogen-bond acceptors (Lipinski definition) is 3. The van der Waals surface area contributed by atoms with Gasteiger partial charge in [-0.2, -0.15) is 0 Å². The first-order valence-corrected chi connectivity index (χ1v) is 6.96. The number of ether oxygens (including phenoxy) is 1. The molecule has 0 aromatic heterocycles. The van der Waals surface area contributed by atoms with E-state index in [1.165, 1.54) is 24.8 Å². The van der Waals surface area contributed by atoms with E-state index in [4.69, 9.17) is 9.57 Å². The molecular weight excluding hydrogens is 281 g/mol. The molecule has 2 aromatic carbocycles. The highest BCUT2D eigenvalue weighted by atomic mass is 19.1. The predicted molar refractivity (Wildman–Crippen MR) is 84.6 cm³/mol. The van der Waals surface area contributed by atoms with Gasteiger partial charge in [-0.25, -0.2) is 4.39 Å². The van der Waals surface area contributed by atoms with Crippen LogP contribution in [0.1, 0.15) is 16.7 Å². The molecule has 0 heterocycles. The van der Waals surface area contributed by atoms with E-state index < -0.39 is 0 Å². The molecule has 112 valence electrons. The van der Waals surface area contributed by atoms with Gasteiger partial charge in [0.15, 0.2) is 0 Å². The van der Waals surface area contributed by atoms with Gasteiger partial charge >= 0.3 is 0 Å². The number of rotatable bonds is 3. The minimum atomic E-state index is -0.243. The fourth-order valence-corrected chi connectivity index (χ4v) is 2.60. The highest BCUT2D eigenvalue weighted by molar-refractivity contribution is 6.18. The first-order valence-electron chi connectivity index (χ1n) is 6.96. The normalized spacial score (nSPS) is 16.9. The third kappa shape index (κ3) is 2.72. The molecule has 0 atom stereocenters. The van der Waals surface area contributed by atoms with E-state index >= 15 is 0 Å². The van der Waals surface area contributed by atoms with Crippen LogP contribution in [0.15, 0.2) is 53.2 Å². The van der Waals surface area contributed by atoms with Gasteiger partial charge in [-0.05, 0) is 47.0 Å². The quantitative estimate of drug-likeness (QED) is 0.806. The average Bonchev–Trinajstić information content (AvgIpc) is 2.87. The SMILES string of the molecule is CON=C1/C(=C/c2ccc(F)cc2)Cc2ccc(OC)cc21. The van der Waals surface area contributed by atoms with Gasteiger partial charge in [-0.15, -0.1) is 0 Å². The Bertz CT molecular complexity index is 748. The molecule has 0 fully saturated rings. The molecule has 1 aliphatic rings. The number of methoxy groups -OCH3 is 1. The summed E-state index contributed by atoms with van der Waals surface area (Å²) in [6.45, 7) is 0. The molecule has 4 heteroatoms. The molecule has 3 rings (SSSR count). The minimum Gasteiger partial charge on any atom is -0.497 e. The van der Waals surface area contributed by atoms with Gasteiger partial charge in [0.25, 0.3) is 0 Å². The van der Waals surface area contributed by atoms with Gasteiger partial charge in [0, 0.05) is 12.0 Å². The van der Waals surface area contributed by atoms with Crippen LogP contribution in [0.5, 0.6) is 5.75 Å². The molecule has 0 saturated heterocycles. The molecule has 1 aliphatic carbocycles. The molecule has 0 spiro atoms. The lowest BCUT2D eigenvalue weighted by atomic mass is 10.1. The Balaban J connectivity index is 2.03. The lowest BCUT2D eigenvalue weighted by Crippen LogP contribution is -1.99. The Kier molecular flexibility index (Phi) is 3.92. The number of nitrogens with zero attached hydrogens (tertiary/aromatic N) is 1. The Morgan fingerprint density at radius 2 is 1.86 bits per heavy atom. The predicted octanol–water partition coefficient (Wildman–Crippen LogP) is 3.82. The zero-order chi connectivity index (χ0) is 15.5. The summed E-state index contributed by atoms with van der Waals surface area (Å²) in [5.74, 6) is 0.540. The van der Waals surface area contributed by atoms with Crippen molar-refractivity contribution >= 4 is 11.8 Å². The second kappa shape index (κ2) is 6.02. The molecule has 0 N–H and O–H groups in total. The van der Waals surface area contributed by atoms with E-state index in [0.29, 0.717) is 0 Å². The molecule has 0 amide bonds. The fourth-order valence-electron chi connectivity index (χ4n) is 2.60. The lowest BCUT2D eigenvalue weighted by Gasteiger charge is -2.04. The lowest BCUT2D eigenvalue weighted by molar-refractivity contribution is 0.214. The average molecular weight is 297 g/mol. The third-order valence-corrected chi connectivity index (χ3v) is 3.65. The molecule has 2 aromatic rings. The molecule has 0 unspecified atom stereocenters. The summed E-state index contributed by atoms with van der Waals surface area (Å²) in [5, 5.41) is 4.15. The van der Waals surface area contributed by atoms with E-state index in [1.54, 1.807) is 19.2 Å². The topological polar surface area (TPSA) is 30.8 Å². The smallest absolute Gasteiger partial charge is 0.123 e. The number of hydrogen-bond donors (Lipinski definition) is 0. The first-order chi connectivity index (χ1) is 10.7. The van der Waals surface area contributed by atoms with E-state index in [0.717, 1.165) is 34.6 Å². The minimum absolute atomic E-state index is 0.243. The number of benzene rings is 2. The maximum Gasteiger partial charge on any atom is 0.123 e. The summed E-state index contributed by atoms with van der Waals surface area (Å²) in [7, 11) is 3.17. The monoisotopic (exact) mass is 297 g/mol.